The summed E-state index contributed by atoms with van der Waals surface area (Å²) in [5, 5.41) is 2.69. The van der Waals surface area contributed by atoms with Gasteiger partial charge in [-0.15, -0.1) is 0 Å². The van der Waals surface area contributed by atoms with E-state index in [1.165, 1.54) is 6.08 Å². The Kier molecular flexibility index (Phi) is 7.28. The number of carbonyl (C=O) groups excluding carboxylic acids is 2. The van der Waals surface area contributed by atoms with Crippen LogP contribution in [0.25, 0.3) is 6.08 Å². The third-order valence-electron chi connectivity index (χ3n) is 3.68. The van der Waals surface area contributed by atoms with Gasteiger partial charge in [0.05, 0.1) is 20.3 Å². The maximum Gasteiger partial charge on any atom is 0.331 e. The fourth-order valence-corrected chi connectivity index (χ4v) is 2.36. The van der Waals surface area contributed by atoms with E-state index in [1.807, 2.05) is 0 Å². The van der Waals surface area contributed by atoms with Gasteiger partial charge in [0.15, 0.2) is 6.61 Å². The van der Waals surface area contributed by atoms with E-state index in [0.717, 1.165) is 25.0 Å². The minimum Gasteiger partial charge on any atom is -0.497 e. The molecule has 0 aromatic heterocycles. The van der Waals surface area contributed by atoms with Gasteiger partial charge in [-0.2, -0.15) is 0 Å². The second kappa shape index (κ2) is 9.68. The minimum absolute atomic E-state index is 0.0580. The van der Waals surface area contributed by atoms with Crippen LogP contribution in [0.2, 0.25) is 0 Å². The molecule has 1 aliphatic heterocycles. The van der Waals surface area contributed by atoms with E-state index < -0.39 is 5.97 Å². The van der Waals surface area contributed by atoms with Crippen molar-refractivity contribution in [1.82, 2.24) is 5.32 Å². The zero-order chi connectivity index (χ0) is 18.1. The Hall–Kier alpha value is -2.54. The molecule has 1 N–H and O–H groups in total. The van der Waals surface area contributed by atoms with E-state index in [9.17, 15) is 9.59 Å². The topological polar surface area (TPSA) is 83.1 Å². The van der Waals surface area contributed by atoms with E-state index in [2.05, 4.69) is 5.32 Å². The highest BCUT2D eigenvalue weighted by atomic mass is 16.5. The molecule has 7 nitrogen and oxygen atoms in total. The smallest absolute Gasteiger partial charge is 0.331 e. The first-order chi connectivity index (χ1) is 12.1. The molecule has 1 aromatic carbocycles. The van der Waals surface area contributed by atoms with Crippen molar-refractivity contribution in [3.63, 3.8) is 0 Å². The van der Waals surface area contributed by atoms with Crippen LogP contribution >= 0.6 is 0 Å². The molecule has 1 aliphatic rings. The van der Waals surface area contributed by atoms with Crippen molar-refractivity contribution >= 4 is 18.0 Å². The van der Waals surface area contributed by atoms with Gasteiger partial charge < -0.3 is 24.3 Å². The van der Waals surface area contributed by atoms with Gasteiger partial charge in [0.1, 0.15) is 11.5 Å². The van der Waals surface area contributed by atoms with E-state index >= 15 is 0 Å². The zero-order valence-corrected chi connectivity index (χ0v) is 14.4. The van der Waals surface area contributed by atoms with Crippen molar-refractivity contribution in [2.24, 2.45) is 0 Å². The molecular weight excluding hydrogens is 326 g/mol. The van der Waals surface area contributed by atoms with E-state index in [-0.39, 0.29) is 18.6 Å². The van der Waals surface area contributed by atoms with E-state index in [0.29, 0.717) is 18.0 Å². The number of methoxy groups -OCH3 is 2. The Bertz CT molecular complexity index is 600. The number of ether oxygens (including phenoxy) is 4. The summed E-state index contributed by atoms with van der Waals surface area (Å²) in [6.07, 6.45) is 4.82. The molecule has 1 saturated heterocycles. The Morgan fingerprint density at radius 3 is 2.56 bits per heavy atom. The fourth-order valence-electron chi connectivity index (χ4n) is 2.36. The molecule has 1 fully saturated rings. The Morgan fingerprint density at radius 1 is 1.24 bits per heavy atom. The molecule has 0 aliphatic carbocycles. The largest absolute Gasteiger partial charge is 0.497 e. The first-order valence-electron chi connectivity index (χ1n) is 8.07. The molecule has 0 unspecified atom stereocenters. The van der Waals surface area contributed by atoms with Gasteiger partial charge in [0, 0.05) is 25.3 Å². The molecule has 2 rings (SSSR count). The highest BCUT2D eigenvalue weighted by Crippen LogP contribution is 2.23. The maximum atomic E-state index is 11.7. The number of hydrogen-bond donors (Lipinski definition) is 1. The van der Waals surface area contributed by atoms with Gasteiger partial charge in [-0.3, -0.25) is 4.79 Å². The number of amides is 1. The Balaban J connectivity index is 1.77. The van der Waals surface area contributed by atoms with Gasteiger partial charge in [-0.25, -0.2) is 4.79 Å². The summed E-state index contributed by atoms with van der Waals surface area (Å²) in [6, 6.07) is 5.23. The lowest BCUT2D eigenvalue weighted by molar-refractivity contribution is -0.143. The third kappa shape index (κ3) is 6.46. The van der Waals surface area contributed by atoms with Crippen molar-refractivity contribution in [3.8, 4) is 11.5 Å². The molecule has 1 aromatic rings. The zero-order valence-electron chi connectivity index (χ0n) is 14.4. The molecule has 1 heterocycles. The summed E-state index contributed by atoms with van der Waals surface area (Å²) < 4.78 is 20.6. The van der Waals surface area contributed by atoms with Crippen molar-refractivity contribution < 1.29 is 28.5 Å². The van der Waals surface area contributed by atoms with Crippen molar-refractivity contribution in [2.75, 3.05) is 34.0 Å². The van der Waals surface area contributed by atoms with Gasteiger partial charge in [-0.05, 0) is 36.6 Å². The normalized spacial score (nSPS) is 16.6. The summed E-state index contributed by atoms with van der Waals surface area (Å²) in [5.41, 5.74) is 0.719. The van der Waals surface area contributed by atoms with Gasteiger partial charge in [0.25, 0.3) is 5.91 Å². The number of rotatable bonds is 8. The lowest BCUT2D eigenvalue weighted by atomic mass is 10.2. The minimum atomic E-state index is -0.603. The van der Waals surface area contributed by atoms with Crippen LogP contribution in [0.3, 0.4) is 0 Å². The first kappa shape index (κ1) is 18.8. The molecule has 7 heteroatoms. The summed E-state index contributed by atoms with van der Waals surface area (Å²) in [7, 11) is 3.09. The average molecular weight is 349 g/mol. The molecule has 0 saturated carbocycles. The SMILES string of the molecule is COc1cc(/C=C/C(=O)OCC(=O)NC[C@H]2CCCO2)cc(OC)c1. The molecular formula is C18H23NO6. The van der Waals surface area contributed by atoms with E-state index in [1.54, 1.807) is 38.5 Å². The molecule has 1 amide bonds. The average Bonchev–Trinajstić information content (AvgIpc) is 3.16. The molecule has 25 heavy (non-hydrogen) atoms. The fraction of sp³-hybridized carbons (Fsp3) is 0.444. The third-order valence-corrected chi connectivity index (χ3v) is 3.68. The highest BCUT2D eigenvalue weighted by molar-refractivity contribution is 5.89. The Labute approximate surface area is 146 Å². The number of benzene rings is 1. The summed E-state index contributed by atoms with van der Waals surface area (Å²) >= 11 is 0. The van der Waals surface area contributed by atoms with Gasteiger partial charge in [-0.1, -0.05) is 0 Å². The van der Waals surface area contributed by atoms with Crippen molar-refractivity contribution in [3.05, 3.63) is 29.8 Å². The quantitative estimate of drug-likeness (QED) is 0.566. The number of nitrogens with one attached hydrogen (secondary N) is 1. The number of esters is 1. The lowest BCUT2D eigenvalue weighted by Crippen LogP contribution is -2.34. The Morgan fingerprint density at radius 2 is 1.96 bits per heavy atom. The summed E-state index contributed by atoms with van der Waals surface area (Å²) in [5.74, 6) is 0.274. The predicted molar refractivity (Wildman–Crippen MR) is 91.5 cm³/mol. The molecule has 1 atom stereocenters. The highest BCUT2D eigenvalue weighted by Gasteiger charge is 2.16. The molecule has 0 bridgehead atoms. The van der Waals surface area contributed by atoms with Crippen LogP contribution in [0.15, 0.2) is 24.3 Å². The monoisotopic (exact) mass is 349 g/mol. The molecule has 0 spiro atoms. The van der Waals surface area contributed by atoms with Crippen molar-refractivity contribution in [2.45, 2.75) is 18.9 Å². The summed E-state index contributed by atoms with van der Waals surface area (Å²) in [6.45, 7) is 0.850. The van der Waals surface area contributed by atoms with Gasteiger partial charge in [0.2, 0.25) is 0 Å². The standard InChI is InChI=1S/C18H23NO6/c1-22-15-8-13(9-16(10-15)23-2)5-6-18(21)25-12-17(20)19-11-14-4-3-7-24-14/h5-6,8-10,14H,3-4,7,11-12H2,1-2H3,(H,19,20)/b6-5+/t14-/m1/s1. The van der Waals surface area contributed by atoms with Crippen LogP contribution in [-0.2, 0) is 19.1 Å². The second-order valence-corrected chi connectivity index (χ2v) is 5.53. The maximum absolute atomic E-state index is 11.7. The van der Waals surface area contributed by atoms with Crippen LogP contribution in [0.4, 0.5) is 0 Å². The number of hydrogen-bond acceptors (Lipinski definition) is 6. The van der Waals surface area contributed by atoms with Crippen LogP contribution < -0.4 is 14.8 Å². The predicted octanol–water partition coefficient (Wildman–Crippen LogP) is 1.56. The first-order valence-corrected chi connectivity index (χ1v) is 8.07. The molecule has 0 radical (unpaired) electrons. The van der Waals surface area contributed by atoms with Crippen LogP contribution in [0.1, 0.15) is 18.4 Å². The van der Waals surface area contributed by atoms with Crippen LogP contribution in [0.5, 0.6) is 11.5 Å². The van der Waals surface area contributed by atoms with Crippen LogP contribution in [0, 0.1) is 0 Å². The number of carbonyl (C=O) groups is 2. The lowest BCUT2D eigenvalue weighted by Gasteiger charge is -2.10. The van der Waals surface area contributed by atoms with E-state index in [4.69, 9.17) is 18.9 Å². The van der Waals surface area contributed by atoms with Gasteiger partial charge >= 0.3 is 5.97 Å². The molecule has 136 valence electrons. The van der Waals surface area contributed by atoms with Crippen molar-refractivity contribution in [1.29, 1.82) is 0 Å². The second-order valence-electron chi connectivity index (χ2n) is 5.53. The van der Waals surface area contributed by atoms with Crippen LogP contribution in [-0.4, -0.2) is 52.0 Å². The summed E-state index contributed by atoms with van der Waals surface area (Å²) in [4.78, 5) is 23.4.